The van der Waals surface area contributed by atoms with Crippen LogP contribution in [-0.2, 0) is 25.4 Å². The van der Waals surface area contributed by atoms with Crippen LogP contribution in [-0.4, -0.2) is 77.2 Å². The van der Waals surface area contributed by atoms with Gasteiger partial charge in [-0.25, -0.2) is 4.79 Å². The van der Waals surface area contributed by atoms with Crippen molar-refractivity contribution in [3.63, 3.8) is 0 Å². The SMILES string of the molecule is CCOC(=O)CCc1ccc(-c2cccc(N(C)C(=O)N3CCOCC3)c2)c(OCCCOC)c1. The monoisotopic (exact) mass is 484 g/mol. The number of urea groups is 1. The van der Waals surface area contributed by atoms with E-state index in [-0.39, 0.29) is 12.0 Å². The molecule has 0 saturated carbocycles. The Bertz CT molecular complexity index is 974. The Hall–Kier alpha value is -3.10. The van der Waals surface area contributed by atoms with Gasteiger partial charge in [-0.2, -0.15) is 0 Å². The van der Waals surface area contributed by atoms with E-state index in [1.54, 1.807) is 30.9 Å². The summed E-state index contributed by atoms with van der Waals surface area (Å²) in [5.41, 5.74) is 3.68. The topological polar surface area (TPSA) is 77.5 Å². The molecule has 2 amide bonds. The molecule has 0 aromatic heterocycles. The number of hydrogen-bond acceptors (Lipinski definition) is 6. The van der Waals surface area contributed by atoms with Crippen molar-refractivity contribution >= 4 is 17.7 Å². The van der Waals surface area contributed by atoms with Crippen molar-refractivity contribution in [3.8, 4) is 16.9 Å². The summed E-state index contributed by atoms with van der Waals surface area (Å²) >= 11 is 0. The zero-order valence-corrected chi connectivity index (χ0v) is 21.0. The van der Waals surface area contributed by atoms with E-state index in [1.807, 2.05) is 42.5 Å². The van der Waals surface area contributed by atoms with E-state index in [1.165, 1.54) is 0 Å². The molecular formula is C27H36N2O6. The molecule has 0 atom stereocenters. The van der Waals surface area contributed by atoms with Gasteiger partial charge in [0.15, 0.2) is 0 Å². The van der Waals surface area contributed by atoms with Crippen LogP contribution in [0.25, 0.3) is 11.1 Å². The van der Waals surface area contributed by atoms with Crippen LogP contribution in [0.3, 0.4) is 0 Å². The number of anilines is 1. The first-order valence-electron chi connectivity index (χ1n) is 12.1. The molecule has 1 saturated heterocycles. The maximum Gasteiger partial charge on any atom is 0.324 e. The fourth-order valence-electron chi connectivity index (χ4n) is 3.90. The molecule has 0 spiro atoms. The summed E-state index contributed by atoms with van der Waals surface area (Å²) in [6, 6.07) is 13.8. The van der Waals surface area contributed by atoms with Crippen molar-refractivity contribution in [2.45, 2.75) is 26.2 Å². The number of aryl methyl sites for hydroxylation is 1. The number of hydrogen-bond donors (Lipinski definition) is 0. The number of benzene rings is 2. The number of methoxy groups -OCH3 is 1. The van der Waals surface area contributed by atoms with Crippen molar-refractivity contribution in [3.05, 3.63) is 48.0 Å². The first-order valence-corrected chi connectivity index (χ1v) is 12.1. The summed E-state index contributed by atoms with van der Waals surface area (Å²) in [6.45, 7) is 5.62. The maximum atomic E-state index is 13.0. The highest BCUT2D eigenvalue weighted by molar-refractivity contribution is 5.92. The number of nitrogens with zero attached hydrogens (tertiary/aromatic N) is 2. The quantitative estimate of drug-likeness (QED) is 0.352. The first kappa shape index (κ1) is 26.5. The molecule has 2 aromatic carbocycles. The van der Waals surface area contributed by atoms with Gasteiger partial charge in [-0.05, 0) is 42.7 Å². The van der Waals surface area contributed by atoms with Crippen molar-refractivity contribution in [1.29, 1.82) is 0 Å². The van der Waals surface area contributed by atoms with Gasteiger partial charge >= 0.3 is 12.0 Å². The number of ether oxygens (including phenoxy) is 4. The molecule has 190 valence electrons. The van der Waals surface area contributed by atoms with E-state index in [2.05, 4.69) is 0 Å². The Kier molecular flexibility index (Phi) is 10.4. The van der Waals surface area contributed by atoms with Gasteiger partial charge in [0.2, 0.25) is 0 Å². The normalized spacial score (nSPS) is 13.4. The van der Waals surface area contributed by atoms with Crippen LogP contribution in [0.1, 0.15) is 25.3 Å². The minimum Gasteiger partial charge on any atom is -0.493 e. The Balaban J connectivity index is 1.81. The lowest BCUT2D eigenvalue weighted by molar-refractivity contribution is -0.143. The Labute approximate surface area is 207 Å². The summed E-state index contributed by atoms with van der Waals surface area (Å²) in [4.78, 5) is 28.2. The van der Waals surface area contributed by atoms with Gasteiger partial charge in [0, 0.05) is 57.9 Å². The molecule has 3 rings (SSSR count). The summed E-state index contributed by atoms with van der Waals surface area (Å²) in [5, 5.41) is 0. The van der Waals surface area contributed by atoms with Gasteiger partial charge in [-0.1, -0.05) is 24.3 Å². The smallest absolute Gasteiger partial charge is 0.324 e. The summed E-state index contributed by atoms with van der Waals surface area (Å²) in [7, 11) is 3.46. The number of rotatable bonds is 11. The zero-order valence-electron chi connectivity index (χ0n) is 21.0. The van der Waals surface area contributed by atoms with Crippen LogP contribution in [0, 0.1) is 0 Å². The average molecular weight is 485 g/mol. The highest BCUT2D eigenvalue weighted by Gasteiger charge is 2.22. The first-order chi connectivity index (χ1) is 17.0. The molecule has 1 aliphatic heterocycles. The zero-order chi connectivity index (χ0) is 25.0. The van der Waals surface area contributed by atoms with Crippen molar-refractivity contribution in [2.24, 2.45) is 0 Å². The predicted octanol–water partition coefficient (Wildman–Crippen LogP) is 4.15. The molecular weight excluding hydrogens is 448 g/mol. The maximum absolute atomic E-state index is 13.0. The minimum absolute atomic E-state index is 0.0456. The van der Waals surface area contributed by atoms with Gasteiger partial charge in [-0.3, -0.25) is 9.69 Å². The van der Waals surface area contributed by atoms with Gasteiger partial charge in [0.05, 0.1) is 26.4 Å². The summed E-state index contributed by atoms with van der Waals surface area (Å²) < 4.78 is 21.7. The molecule has 35 heavy (non-hydrogen) atoms. The number of esters is 1. The highest BCUT2D eigenvalue weighted by atomic mass is 16.5. The number of morpholine rings is 1. The van der Waals surface area contributed by atoms with E-state index in [9.17, 15) is 9.59 Å². The lowest BCUT2D eigenvalue weighted by atomic mass is 10.00. The minimum atomic E-state index is -0.209. The second-order valence-electron chi connectivity index (χ2n) is 8.32. The van der Waals surface area contributed by atoms with Gasteiger partial charge in [0.25, 0.3) is 0 Å². The van der Waals surface area contributed by atoms with Crippen molar-refractivity contribution < 1.29 is 28.5 Å². The lowest BCUT2D eigenvalue weighted by Crippen LogP contribution is -2.47. The lowest BCUT2D eigenvalue weighted by Gasteiger charge is -2.31. The van der Waals surface area contributed by atoms with E-state index >= 15 is 0 Å². The fraction of sp³-hybridized carbons (Fsp3) is 0.481. The molecule has 1 fully saturated rings. The van der Waals surface area contributed by atoms with Gasteiger partial charge in [0.1, 0.15) is 5.75 Å². The van der Waals surface area contributed by atoms with E-state index in [0.29, 0.717) is 59.0 Å². The van der Waals surface area contributed by atoms with Crippen LogP contribution in [0.4, 0.5) is 10.5 Å². The molecule has 8 nitrogen and oxygen atoms in total. The summed E-state index contributed by atoms with van der Waals surface area (Å²) in [6.07, 6.45) is 1.66. The highest BCUT2D eigenvalue weighted by Crippen LogP contribution is 2.34. The predicted molar refractivity (Wildman–Crippen MR) is 135 cm³/mol. The van der Waals surface area contributed by atoms with Crippen LogP contribution in [0.2, 0.25) is 0 Å². The van der Waals surface area contributed by atoms with E-state index in [0.717, 1.165) is 34.5 Å². The number of carbonyl (C=O) groups is 2. The van der Waals surface area contributed by atoms with Crippen molar-refractivity contribution in [2.75, 3.05) is 65.2 Å². The molecule has 0 aliphatic carbocycles. The third-order valence-corrected chi connectivity index (χ3v) is 5.83. The van der Waals surface area contributed by atoms with Crippen LogP contribution >= 0.6 is 0 Å². The molecule has 0 N–H and O–H groups in total. The van der Waals surface area contributed by atoms with E-state index < -0.39 is 0 Å². The largest absolute Gasteiger partial charge is 0.493 e. The van der Waals surface area contributed by atoms with Crippen molar-refractivity contribution in [1.82, 2.24) is 4.90 Å². The van der Waals surface area contributed by atoms with Gasteiger partial charge in [-0.15, -0.1) is 0 Å². The van der Waals surface area contributed by atoms with Gasteiger partial charge < -0.3 is 23.8 Å². The number of carbonyl (C=O) groups excluding carboxylic acids is 2. The van der Waals surface area contributed by atoms with E-state index in [4.69, 9.17) is 18.9 Å². The fourth-order valence-corrected chi connectivity index (χ4v) is 3.90. The molecule has 1 heterocycles. The second-order valence-corrected chi connectivity index (χ2v) is 8.32. The van der Waals surface area contributed by atoms with Crippen LogP contribution < -0.4 is 9.64 Å². The Morgan fingerprint density at radius 3 is 2.63 bits per heavy atom. The molecule has 8 heteroatoms. The molecule has 1 aliphatic rings. The Morgan fingerprint density at radius 2 is 1.89 bits per heavy atom. The number of amides is 2. The summed E-state index contributed by atoms with van der Waals surface area (Å²) in [5.74, 6) is 0.529. The third-order valence-electron chi connectivity index (χ3n) is 5.83. The Morgan fingerprint density at radius 1 is 1.09 bits per heavy atom. The third kappa shape index (κ3) is 7.70. The average Bonchev–Trinajstić information content (AvgIpc) is 2.90. The standard InChI is InChI=1S/C27H36N2O6/c1-4-34-26(30)12-10-21-9-11-24(25(19-21)35-16-6-15-32-3)22-7-5-8-23(20-22)28(2)27(31)29-13-17-33-18-14-29/h5,7-9,11,19-20H,4,6,10,12-18H2,1-3H3. The van der Waals surface area contributed by atoms with Crippen LogP contribution in [0.15, 0.2) is 42.5 Å². The molecule has 0 bridgehead atoms. The molecule has 0 radical (unpaired) electrons. The molecule has 0 unspecified atom stereocenters. The molecule has 2 aromatic rings. The second kappa shape index (κ2) is 13.7. The van der Waals surface area contributed by atoms with Crippen LogP contribution in [0.5, 0.6) is 5.75 Å².